The summed E-state index contributed by atoms with van der Waals surface area (Å²) in [6.45, 7) is 11.1. The molecule has 1 aromatic rings. The van der Waals surface area contributed by atoms with Gasteiger partial charge >= 0.3 is 6.09 Å². The van der Waals surface area contributed by atoms with Gasteiger partial charge in [0, 0.05) is 19.1 Å². The zero-order valence-corrected chi connectivity index (χ0v) is 14.4. The second-order valence-electron chi connectivity index (χ2n) is 7.01. The number of nitrogens with zero attached hydrogens (tertiary/aromatic N) is 1. The van der Waals surface area contributed by atoms with E-state index in [9.17, 15) is 4.79 Å². The van der Waals surface area contributed by atoms with E-state index in [0.29, 0.717) is 0 Å². The van der Waals surface area contributed by atoms with E-state index in [1.165, 1.54) is 5.56 Å². The number of benzene rings is 1. The van der Waals surface area contributed by atoms with Crippen LogP contribution in [0.25, 0.3) is 0 Å². The van der Waals surface area contributed by atoms with Gasteiger partial charge in [0.2, 0.25) is 0 Å². The van der Waals surface area contributed by atoms with E-state index in [0.717, 1.165) is 25.9 Å². The maximum atomic E-state index is 12.4. The van der Waals surface area contributed by atoms with Crippen LogP contribution in [-0.2, 0) is 11.3 Å². The number of amides is 1. The number of carbonyl (C=O) groups is 1. The van der Waals surface area contributed by atoms with E-state index in [2.05, 4.69) is 24.0 Å². The van der Waals surface area contributed by atoms with Crippen LogP contribution in [0.15, 0.2) is 43.0 Å². The van der Waals surface area contributed by atoms with Crippen LogP contribution in [0.5, 0.6) is 0 Å². The summed E-state index contributed by atoms with van der Waals surface area (Å²) in [4.78, 5) is 14.3. The molecular formula is C19H28N2O2. The molecule has 4 nitrogen and oxygen atoms in total. The molecule has 0 spiro atoms. The SMILES string of the molecule is C=C[C@@H](NCc1ccccc1)[C@H]1CCCN1C(=O)OC(C)(C)C. The Morgan fingerprint density at radius 2 is 2.13 bits per heavy atom. The van der Waals surface area contributed by atoms with Crippen molar-refractivity contribution >= 4 is 6.09 Å². The third-order valence-electron chi connectivity index (χ3n) is 3.98. The van der Waals surface area contributed by atoms with E-state index < -0.39 is 5.60 Å². The van der Waals surface area contributed by atoms with Crippen LogP contribution >= 0.6 is 0 Å². The van der Waals surface area contributed by atoms with Crippen molar-refractivity contribution in [1.29, 1.82) is 0 Å². The van der Waals surface area contributed by atoms with Crippen molar-refractivity contribution in [2.24, 2.45) is 0 Å². The van der Waals surface area contributed by atoms with Gasteiger partial charge in [0.1, 0.15) is 5.60 Å². The van der Waals surface area contributed by atoms with Crippen molar-refractivity contribution in [2.75, 3.05) is 6.54 Å². The summed E-state index contributed by atoms with van der Waals surface area (Å²) in [7, 11) is 0. The first-order valence-corrected chi connectivity index (χ1v) is 8.30. The van der Waals surface area contributed by atoms with Gasteiger partial charge in [-0.25, -0.2) is 4.79 Å². The summed E-state index contributed by atoms with van der Waals surface area (Å²) in [5, 5.41) is 3.51. The maximum absolute atomic E-state index is 12.4. The fourth-order valence-electron chi connectivity index (χ4n) is 2.92. The number of hydrogen-bond acceptors (Lipinski definition) is 3. The van der Waals surface area contributed by atoms with Gasteiger partial charge in [-0.3, -0.25) is 0 Å². The number of ether oxygens (including phenoxy) is 1. The molecule has 0 radical (unpaired) electrons. The van der Waals surface area contributed by atoms with Gasteiger partial charge in [-0.1, -0.05) is 36.4 Å². The molecule has 1 aliphatic rings. The van der Waals surface area contributed by atoms with E-state index in [1.54, 1.807) is 0 Å². The van der Waals surface area contributed by atoms with Gasteiger partial charge < -0.3 is 15.0 Å². The number of nitrogens with one attached hydrogen (secondary N) is 1. The highest BCUT2D eigenvalue weighted by atomic mass is 16.6. The smallest absolute Gasteiger partial charge is 0.410 e. The Morgan fingerprint density at radius 1 is 1.43 bits per heavy atom. The Hall–Kier alpha value is -1.81. The lowest BCUT2D eigenvalue weighted by molar-refractivity contribution is 0.0208. The lowest BCUT2D eigenvalue weighted by Gasteiger charge is -2.32. The number of hydrogen-bond donors (Lipinski definition) is 1. The van der Waals surface area contributed by atoms with Crippen LogP contribution in [-0.4, -0.2) is 35.2 Å². The van der Waals surface area contributed by atoms with Crippen LogP contribution in [0.3, 0.4) is 0 Å². The lowest BCUT2D eigenvalue weighted by atomic mass is 10.1. The quantitative estimate of drug-likeness (QED) is 0.842. The standard InChI is InChI=1S/C19H28N2O2/c1-5-16(20-14-15-10-7-6-8-11-15)17-12-9-13-21(17)18(22)23-19(2,3)4/h5-8,10-11,16-17,20H,1,9,12-14H2,2-4H3/t16-,17-/m1/s1. The molecule has 0 aromatic heterocycles. The molecule has 1 aliphatic heterocycles. The second kappa shape index (κ2) is 7.64. The summed E-state index contributed by atoms with van der Waals surface area (Å²) in [6, 6.07) is 10.4. The van der Waals surface area contributed by atoms with Crippen LogP contribution < -0.4 is 5.32 Å². The van der Waals surface area contributed by atoms with E-state index in [1.807, 2.05) is 49.9 Å². The van der Waals surface area contributed by atoms with Crippen LogP contribution in [0.2, 0.25) is 0 Å². The molecule has 23 heavy (non-hydrogen) atoms. The van der Waals surface area contributed by atoms with Gasteiger partial charge in [-0.15, -0.1) is 6.58 Å². The van der Waals surface area contributed by atoms with Crippen molar-refractivity contribution in [3.05, 3.63) is 48.6 Å². The topological polar surface area (TPSA) is 41.6 Å². The van der Waals surface area contributed by atoms with Gasteiger partial charge in [0.25, 0.3) is 0 Å². The fourth-order valence-corrected chi connectivity index (χ4v) is 2.92. The minimum atomic E-state index is -0.467. The number of carbonyl (C=O) groups excluding carboxylic acids is 1. The molecule has 0 unspecified atom stereocenters. The van der Waals surface area contributed by atoms with Crippen LogP contribution in [0.1, 0.15) is 39.2 Å². The monoisotopic (exact) mass is 316 g/mol. The minimum absolute atomic E-state index is 0.0604. The third kappa shape index (κ3) is 5.10. The Morgan fingerprint density at radius 3 is 2.74 bits per heavy atom. The summed E-state index contributed by atoms with van der Waals surface area (Å²) >= 11 is 0. The zero-order valence-electron chi connectivity index (χ0n) is 14.4. The van der Waals surface area contributed by atoms with Gasteiger partial charge in [-0.05, 0) is 39.2 Å². The predicted octanol–water partition coefficient (Wildman–Crippen LogP) is 3.73. The Bertz CT molecular complexity index is 522. The molecule has 2 rings (SSSR count). The molecule has 0 bridgehead atoms. The van der Waals surface area contributed by atoms with Gasteiger partial charge in [0.15, 0.2) is 0 Å². The largest absolute Gasteiger partial charge is 0.444 e. The van der Waals surface area contributed by atoms with Gasteiger partial charge in [0.05, 0.1) is 6.04 Å². The highest BCUT2D eigenvalue weighted by molar-refractivity contribution is 5.69. The predicted molar refractivity (Wildman–Crippen MR) is 93.2 cm³/mol. The fraction of sp³-hybridized carbons (Fsp3) is 0.526. The molecule has 1 N–H and O–H groups in total. The first kappa shape index (κ1) is 17.5. The highest BCUT2D eigenvalue weighted by Gasteiger charge is 2.35. The molecule has 1 fully saturated rings. The van der Waals surface area contributed by atoms with Crippen molar-refractivity contribution < 1.29 is 9.53 Å². The van der Waals surface area contributed by atoms with E-state index >= 15 is 0 Å². The molecule has 1 saturated heterocycles. The lowest BCUT2D eigenvalue weighted by Crippen LogP contribution is -2.49. The molecule has 4 heteroatoms. The van der Waals surface area contributed by atoms with Gasteiger partial charge in [-0.2, -0.15) is 0 Å². The molecule has 2 atom stereocenters. The van der Waals surface area contributed by atoms with E-state index in [-0.39, 0.29) is 18.2 Å². The van der Waals surface area contributed by atoms with Crippen molar-refractivity contribution in [2.45, 2.75) is 57.8 Å². The van der Waals surface area contributed by atoms with Crippen molar-refractivity contribution in [1.82, 2.24) is 10.2 Å². The normalized spacial score (nSPS) is 19.4. The minimum Gasteiger partial charge on any atom is -0.444 e. The van der Waals surface area contributed by atoms with Crippen molar-refractivity contribution in [3.8, 4) is 0 Å². The average molecular weight is 316 g/mol. The Balaban J connectivity index is 1.98. The number of likely N-dealkylation sites (tertiary alicyclic amines) is 1. The molecular weight excluding hydrogens is 288 g/mol. The molecule has 0 aliphatic carbocycles. The molecule has 1 aromatic carbocycles. The Kier molecular flexibility index (Phi) is 5.83. The first-order chi connectivity index (χ1) is 10.9. The average Bonchev–Trinajstić information content (AvgIpc) is 2.97. The second-order valence-corrected chi connectivity index (χ2v) is 7.01. The van der Waals surface area contributed by atoms with Crippen LogP contribution in [0.4, 0.5) is 4.79 Å². The maximum Gasteiger partial charge on any atom is 0.410 e. The first-order valence-electron chi connectivity index (χ1n) is 8.30. The van der Waals surface area contributed by atoms with E-state index in [4.69, 9.17) is 4.74 Å². The molecule has 1 heterocycles. The summed E-state index contributed by atoms with van der Waals surface area (Å²) < 4.78 is 5.53. The number of rotatable bonds is 5. The van der Waals surface area contributed by atoms with Crippen LogP contribution in [0, 0.1) is 0 Å². The molecule has 1 amide bonds. The zero-order chi connectivity index (χ0) is 16.9. The summed E-state index contributed by atoms with van der Waals surface area (Å²) in [6.07, 6.45) is 3.64. The summed E-state index contributed by atoms with van der Waals surface area (Å²) in [5.41, 5.74) is 0.756. The Labute approximate surface area is 139 Å². The third-order valence-corrected chi connectivity index (χ3v) is 3.98. The molecule has 0 saturated carbocycles. The van der Waals surface area contributed by atoms with Crippen molar-refractivity contribution in [3.63, 3.8) is 0 Å². The molecule has 126 valence electrons. The highest BCUT2D eigenvalue weighted by Crippen LogP contribution is 2.24. The summed E-state index contributed by atoms with van der Waals surface area (Å²) in [5.74, 6) is 0.